The highest BCUT2D eigenvalue weighted by molar-refractivity contribution is 6.36. The minimum absolute atomic E-state index is 0.178. The fraction of sp³-hybridized carbons (Fsp3) is 0.500. The Balaban J connectivity index is 2.55. The molecule has 0 saturated carbocycles. The maximum Gasteiger partial charge on any atom is 0.138 e. The first kappa shape index (κ1) is 15.5. The average molecular weight is 288 g/mol. The summed E-state index contributed by atoms with van der Waals surface area (Å²) in [5, 5.41) is 1.14. The Morgan fingerprint density at radius 1 is 1.17 bits per heavy atom. The van der Waals surface area contributed by atoms with E-state index in [9.17, 15) is 4.79 Å². The van der Waals surface area contributed by atoms with Crippen LogP contribution in [0.25, 0.3) is 0 Å². The lowest BCUT2D eigenvalue weighted by atomic mass is 10.1. The second-order valence-corrected chi connectivity index (χ2v) is 5.01. The molecule has 4 heteroatoms. The van der Waals surface area contributed by atoms with Gasteiger partial charge in [-0.1, -0.05) is 43.1 Å². The molecule has 0 aliphatic rings. The highest BCUT2D eigenvalue weighted by Crippen LogP contribution is 2.25. The van der Waals surface area contributed by atoms with Crippen LogP contribution >= 0.6 is 23.2 Å². The van der Waals surface area contributed by atoms with Crippen LogP contribution in [0.5, 0.6) is 0 Å². The number of Topliss-reactive ketones (excluding diaryl/α,β-unsaturated/α-hetero) is 1. The molecule has 100 valence electrons. The van der Waals surface area contributed by atoms with Gasteiger partial charge in [0.05, 0.1) is 0 Å². The van der Waals surface area contributed by atoms with Gasteiger partial charge in [0.1, 0.15) is 5.78 Å². The van der Waals surface area contributed by atoms with Gasteiger partial charge in [0.2, 0.25) is 0 Å². The summed E-state index contributed by atoms with van der Waals surface area (Å²) in [6, 6.07) is 5.31. The Labute approximate surface area is 119 Å². The van der Waals surface area contributed by atoms with Crippen molar-refractivity contribution >= 4 is 29.0 Å². The van der Waals surface area contributed by atoms with Crippen LogP contribution in [0.1, 0.15) is 25.8 Å². The van der Waals surface area contributed by atoms with E-state index in [2.05, 4.69) is 18.7 Å². The Bertz CT molecular complexity index is 383. The standard InChI is InChI=1S/C14H19Cl2NO/c1-3-17(4-2)9-8-11(18)10-12-13(15)6-5-7-14(12)16/h5-7H,3-4,8-10H2,1-2H3. The van der Waals surface area contributed by atoms with E-state index in [4.69, 9.17) is 23.2 Å². The largest absolute Gasteiger partial charge is 0.303 e. The smallest absolute Gasteiger partial charge is 0.138 e. The van der Waals surface area contributed by atoms with Gasteiger partial charge < -0.3 is 4.90 Å². The van der Waals surface area contributed by atoms with Crippen LogP contribution in [0.4, 0.5) is 0 Å². The predicted octanol–water partition coefficient (Wildman–Crippen LogP) is 3.84. The van der Waals surface area contributed by atoms with Gasteiger partial charge in [-0.25, -0.2) is 0 Å². The van der Waals surface area contributed by atoms with Gasteiger partial charge in [0.25, 0.3) is 0 Å². The number of benzene rings is 1. The molecule has 2 nitrogen and oxygen atoms in total. The number of hydrogen-bond donors (Lipinski definition) is 0. The van der Waals surface area contributed by atoms with E-state index in [1.165, 1.54) is 0 Å². The molecule has 1 aromatic rings. The molecular formula is C14H19Cl2NO. The molecule has 18 heavy (non-hydrogen) atoms. The number of hydrogen-bond acceptors (Lipinski definition) is 2. The third-order valence-corrected chi connectivity index (χ3v) is 3.75. The van der Waals surface area contributed by atoms with Gasteiger partial charge in [-0.3, -0.25) is 4.79 Å². The Morgan fingerprint density at radius 2 is 1.72 bits per heavy atom. The number of halogens is 2. The fourth-order valence-corrected chi connectivity index (χ4v) is 2.34. The summed E-state index contributed by atoms with van der Waals surface area (Å²) in [5.41, 5.74) is 0.741. The van der Waals surface area contributed by atoms with Gasteiger partial charge in [-0.15, -0.1) is 0 Å². The lowest BCUT2D eigenvalue weighted by molar-refractivity contribution is -0.118. The van der Waals surface area contributed by atoms with Gasteiger partial charge in [-0.05, 0) is 30.8 Å². The molecular weight excluding hydrogens is 269 g/mol. The van der Waals surface area contributed by atoms with E-state index in [1.54, 1.807) is 18.2 Å². The van der Waals surface area contributed by atoms with Crippen LogP contribution < -0.4 is 0 Å². The molecule has 0 atom stereocenters. The monoisotopic (exact) mass is 287 g/mol. The number of carbonyl (C=O) groups is 1. The molecule has 0 radical (unpaired) electrons. The van der Waals surface area contributed by atoms with Crippen molar-refractivity contribution in [2.24, 2.45) is 0 Å². The number of ketones is 1. The minimum Gasteiger partial charge on any atom is -0.303 e. The van der Waals surface area contributed by atoms with E-state index in [-0.39, 0.29) is 5.78 Å². The topological polar surface area (TPSA) is 20.3 Å². The summed E-state index contributed by atoms with van der Waals surface area (Å²) < 4.78 is 0. The van der Waals surface area contributed by atoms with Crippen LogP contribution in [0.15, 0.2) is 18.2 Å². The van der Waals surface area contributed by atoms with Crippen LogP contribution in [0, 0.1) is 0 Å². The molecule has 0 N–H and O–H groups in total. The van der Waals surface area contributed by atoms with Gasteiger partial charge in [0, 0.05) is 29.4 Å². The number of rotatable bonds is 7. The maximum absolute atomic E-state index is 11.9. The van der Waals surface area contributed by atoms with E-state index >= 15 is 0 Å². The highest BCUT2D eigenvalue weighted by atomic mass is 35.5. The summed E-state index contributed by atoms with van der Waals surface area (Å²) >= 11 is 12.1. The summed E-state index contributed by atoms with van der Waals surface area (Å²) in [4.78, 5) is 14.1. The molecule has 0 fully saturated rings. The van der Waals surface area contributed by atoms with Crippen LogP contribution in [0.2, 0.25) is 10.0 Å². The van der Waals surface area contributed by atoms with Crippen LogP contribution in [0.3, 0.4) is 0 Å². The molecule has 0 unspecified atom stereocenters. The zero-order valence-corrected chi connectivity index (χ0v) is 12.4. The normalized spacial score (nSPS) is 10.9. The summed E-state index contributed by atoms with van der Waals surface area (Å²) in [7, 11) is 0. The van der Waals surface area contributed by atoms with Crippen molar-refractivity contribution in [3.05, 3.63) is 33.8 Å². The summed E-state index contributed by atoms with van der Waals surface area (Å²) in [6.45, 7) is 6.93. The molecule has 0 aliphatic carbocycles. The van der Waals surface area contributed by atoms with Crippen LogP contribution in [-0.2, 0) is 11.2 Å². The zero-order chi connectivity index (χ0) is 13.5. The first-order valence-corrected chi connectivity index (χ1v) is 7.01. The lowest BCUT2D eigenvalue weighted by Gasteiger charge is -2.17. The molecule has 1 rings (SSSR count). The molecule has 0 bridgehead atoms. The fourth-order valence-electron chi connectivity index (χ4n) is 1.81. The third-order valence-electron chi connectivity index (χ3n) is 3.04. The van der Waals surface area contributed by atoms with Crippen molar-refractivity contribution < 1.29 is 4.79 Å². The van der Waals surface area contributed by atoms with Crippen molar-refractivity contribution in [1.29, 1.82) is 0 Å². The van der Waals surface area contributed by atoms with Crippen molar-refractivity contribution in [3.63, 3.8) is 0 Å². The van der Waals surface area contributed by atoms with Crippen molar-refractivity contribution in [1.82, 2.24) is 4.90 Å². The number of carbonyl (C=O) groups excluding carboxylic acids is 1. The SMILES string of the molecule is CCN(CC)CCC(=O)Cc1c(Cl)cccc1Cl. The molecule has 0 aliphatic heterocycles. The Kier molecular flexibility index (Phi) is 6.69. The second kappa shape index (κ2) is 7.78. The van der Waals surface area contributed by atoms with E-state index in [0.717, 1.165) is 25.2 Å². The molecule has 0 aromatic heterocycles. The summed E-state index contributed by atoms with van der Waals surface area (Å²) in [6.07, 6.45) is 0.864. The van der Waals surface area contributed by atoms with E-state index in [1.807, 2.05) is 0 Å². The molecule has 0 heterocycles. The Hall–Kier alpha value is -0.570. The zero-order valence-electron chi connectivity index (χ0n) is 10.9. The van der Waals surface area contributed by atoms with Gasteiger partial charge >= 0.3 is 0 Å². The summed E-state index contributed by atoms with van der Waals surface area (Å²) in [5.74, 6) is 0.178. The molecule has 0 saturated heterocycles. The maximum atomic E-state index is 11.9. The van der Waals surface area contributed by atoms with Gasteiger partial charge in [0.15, 0.2) is 0 Å². The third kappa shape index (κ3) is 4.60. The second-order valence-electron chi connectivity index (χ2n) is 4.19. The van der Waals surface area contributed by atoms with Crippen molar-refractivity contribution in [2.45, 2.75) is 26.7 Å². The van der Waals surface area contributed by atoms with E-state index in [0.29, 0.717) is 22.9 Å². The number of nitrogens with zero attached hydrogens (tertiary/aromatic N) is 1. The highest BCUT2D eigenvalue weighted by Gasteiger charge is 2.11. The predicted molar refractivity (Wildman–Crippen MR) is 77.6 cm³/mol. The lowest BCUT2D eigenvalue weighted by Crippen LogP contribution is -2.26. The first-order chi connectivity index (χ1) is 8.58. The molecule has 0 spiro atoms. The molecule has 0 amide bonds. The van der Waals surface area contributed by atoms with Crippen molar-refractivity contribution in [3.8, 4) is 0 Å². The quantitative estimate of drug-likeness (QED) is 0.760. The Morgan fingerprint density at radius 3 is 2.22 bits per heavy atom. The molecule has 1 aromatic carbocycles. The van der Waals surface area contributed by atoms with Crippen molar-refractivity contribution in [2.75, 3.05) is 19.6 Å². The van der Waals surface area contributed by atoms with Crippen LogP contribution in [-0.4, -0.2) is 30.3 Å². The van der Waals surface area contributed by atoms with E-state index < -0.39 is 0 Å². The minimum atomic E-state index is 0.178. The van der Waals surface area contributed by atoms with Gasteiger partial charge in [-0.2, -0.15) is 0 Å². The average Bonchev–Trinajstić information content (AvgIpc) is 2.35. The first-order valence-electron chi connectivity index (χ1n) is 6.25.